The van der Waals surface area contributed by atoms with Crippen LogP contribution in [0.5, 0.6) is 0 Å². The van der Waals surface area contributed by atoms with Crippen molar-refractivity contribution in [3.05, 3.63) is 35.6 Å². The summed E-state index contributed by atoms with van der Waals surface area (Å²) in [5.41, 5.74) is 2.04. The largest absolute Gasteiger partial charge is 0.355 e. The van der Waals surface area contributed by atoms with Crippen molar-refractivity contribution in [1.29, 1.82) is 0 Å². The SMILES string of the molecule is CC(C)C(=O)NCCc1csc(-c2cccnc2)n1. The molecule has 0 aliphatic heterocycles. The fourth-order valence-electron chi connectivity index (χ4n) is 1.56. The van der Waals surface area contributed by atoms with Gasteiger partial charge in [0, 0.05) is 42.2 Å². The summed E-state index contributed by atoms with van der Waals surface area (Å²) < 4.78 is 0. The number of pyridine rings is 1. The van der Waals surface area contributed by atoms with Crippen LogP contribution in [-0.4, -0.2) is 22.4 Å². The molecule has 0 unspecified atom stereocenters. The summed E-state index contributed by atoms with van der Waals surface area (Å²) >= 11 is 1.60. The van der Waals surface area contributed by atoms with Crippen LogP contribution in [0.3, 0.4) is 0 Å². The molecule has 0 aliphatic rings. The van der Waals surface area contributed by atoms with Gasteiger partial charge in [0.2, 0.25) is 5.91 Å². The number of thiazole rings is 1. The highest BCUT2D eigenvalue weighted by Gasteiger charge is 2.07. The van der Waals surface area contributed by atoms with E-state index >= 15 is 0 Å². The molecule has 100 valence electrons. The Kier molecular flexibility index (Phi) is 4.63. The monoisotopic (exact) mass is 275 g/mol. The first kappa shape index (κ1) is 13.7. The van der Waals surface area contributed by atoms with Gasteiger partial charge in [0.05, 0.1) is 5.69 Å². The highest BCUT2D eigenvalue weighted by molar-refractivity contribution is 7.13. The lowest BCUT2D eigenvalue weighted by Gasteiger charge is -2.05. The predicted octanol–water partition coefficient (Wildman–Crippen LogP) is 2.52. The Labute approximate surface area is 116 Å². The fraction of sp³-hybridized carbons (Fsp3) is 0.357. The molecule has 0 aliphatic carbocycles. The Morgan fingerprint density at radius 1 is 1.47 bits per heavy atom. The number of nitrogens with one attached hydrogen (secondary N) is 1. The molecular weight excluding hydrogens is 258 g/mol. The number of rotatable bonds is 5. The van der Waals surface area contributed by atoms with Gasteiger partial charge >= 0.3 is 0 Å². The van der Waals surface area contributed by atoms with Gasteiger partial charge in [0.25, 0.3) is 0 Å². The van der Waals surface area contributed by atoms with E-state index in [0.717, 1.165) is 22.7 Å². The molecule has 0 atom stereocenters. The molecule has 1 N–H and O–H groups in total. The smallest absolute Gasteiger partial charge is 0.222 e. The van der Waals surface area contributed by atoms with Crippen LogP contribution in [0.2, 0.25) is 0 Å². The predicted molar refractivity (Wildman–Crippen MR) is 76.9 cm³/mol. The second-order valence-corrected chi connectivity index (χ2v) is 5.44. The molecule has 19 heavy (non-hydrogen) atoms. The van der Waals surface area contributed by atoms with E-state index in [2.05, 4.69) is 15.3 Å². The lowest BCUT2D eigenvalue weighted by atomic mass is 10.2. The van der Waals surface area contributed by atoms with Crippen molar-refractivity contribution in [1.82, 2.24) is 15.3 Å². The van der Waals surface area contributed by atoms with Gasteiger partial charge in [-0.3, -0.25) is 9.78 Å². The summed E-state index contributed by atoms with van der Waals surface area (Å²) in [6, 6.07) is 3.90. The molecule has 0 spiro atoms. The van der Waals surface area contributed by atoms with Gasteiger partial charge in [-0.2, -0.15) is 0 Å². The summed E-state index contributed by atoms with van der Waals surface area (Å²) in [5.74, 6) is 0.115. The summed E-state index contributed by atoms with van der Waals surface area (Å²) in [6.45, 7) is 4.41. The molecule has 2 heterocycles. The zero-order valence-corrected chi connectivity index (χ0v) is 11.9. The second-order valence-electron chi connectivity index (χ2n) is 4.58. The summed E-state index contributed by atoms with van der Waals surface area (Å²) in [7, 11) is 0. The molecule has 1 amide bonds. The van der Waals surface area contributed by atoms with E-state index in [9.17, 15) is 4.79 Å². The van der Waals surface area contributed by atoms with Crippen LogP contribution in [0.4, 0.5) is 0 Å². The molecule has 0 bridgehead atoms. The van der Waals surface area contributed by atoms with Gasteiger partial charge < -0.3 is 5.32 Å². The van der Waals surface area contributed by atoms with Gasteiger partial charge in [0.1, 0.15) is 5.01 Å². The molecule has 2 aromatic heterocycles. The molecule has 0 fully saturated rings. The van der Waals surface area contributed by atoms with Gasteiger partial charge in [0.15, 0.2) is 0 Å². The van der Waals surface area contributed by atoms with Crippen LogP contribution in [0.15, 0.2) is 29.9 Å². The third-order valence-corrected chi connectivity index (χ3v) is 3.61. The van der Waals surface area contributed by atoms with Crippen LogP contribution in [0, 0.1) is 5.92 Å². The highest BCUT2D eigenvalue weighted by Crippen LogP contribution is 2.22. The lowest BCUT2D eigenvalue weighted by molar-refractivity contribution is -0.123. The minimum atomic E-state index is 0.0291. The van der Waals surface area contributed by atoms with Crippen molar-refractivity contribution in [3.8, 4) is 10.6 Å². The van der Waals surface area contributed by atoms with Crippen LogP contribution in [0.1, 0.15) is 19.5 Å². The molecule has 0 radical (unpaired) electrons. The Balaban J connectivity index is 1.90. The Morgan fingerprint density at radius 3 is 3.00 bits per heavy atom. The van der Waals surface area contributed by atoms with E-state index in [4.69, 9.17) is 0 Å². The van der Waals surface area contributed by atoms with Crippen molar-refractivity contribution in [2.24, 2.45) is 5.92 Å². The topological polar surface area (TPSA) is 54.9 Å². The third kappa shape index (κ3) is 3.86. The summed E-state index contributed by atoms with van der Waals surface area (Å²) in [6.07, 6.45) is 4.32. The van der Waals surface area contributed by atoms with Crippen LogP contribution >= 0.6 is 11.3 Å². The zero-order valence-electron chi connectivity index (χ0n) is 11.1. The third-order valence-electron chi connectivity index (χ3n) is 2.66. The molecule has 5 heteroatoms. The second kappa shape index (κ2) is 6.43. The first-order valence-corrected chi connectivity index (χ1v) is 7.17. The van der Waals surface area contributed by atoms with Gasteiger partial charge in [-0.15, -0.1) is 11.3 Å². The van der Waals surface area contributed by atoms with Crippen LogP contribution in [0.25, 0.3) is 10.6 Å². The number of amides is 1. The van der Waals surface area contributed by atoms with Crippen LogP contribution < -0.4 is 5.32 Å². The van der Waals surface area contributed by atoms with Crippen LogP contribution in [-0.2, 0) is 11.2 Å². The molecule has 0 aromatic carbocycles. The van der Waals surface area contributed by atoms with Gasteiger partial charge in [-0.1, -0.05) is 13.8 Å². The standard InChI is InChI=1S/C14H17N3OS/c1-10(2)13(18)16-7-5-12-9-19-14(17-12)11-4-3-6-15-8-11/h3-4,6,8-10H,5,7H2,1-2H3,(H,16,18). The van der Waals surface area contributed by atoms with Crippen molar-refractivity contribution in [2.75, 3.05) is 6.54 Å². The average molecular weight is 275 g/mol. The molecule has 0 saturated carbocycles. The van der Waals surface area contributed by atoms with E-state index < -0.39 is 0 Å². The van der Waals surface area contributed by atoms with Crippen molar-refractivity contribution in [2.45, 2.75) is 20.3 Å². The highest BCUT2D eigenvalue weighted by atomic mass is 32.1. The van der Waals surface area contributed by atoms with Crippen molar-refractivity contribution in [3.63, 3.8) is 0 Å². The Hall–Kier alpha value is -1.75. The molecule has 0 saturated heterocycles. The maximum Gasteiger partial charge on any atom is 0.222 e. The molecule has 2 aromatic rings. The quantitative estimate of drug-likeness (QED) is 0.912. The number of hydrogen-bond donors (Lipinski definition) is 1. The maximum atomic E-state index is 11.4. The van der Waals surface area contributed by atoms with Gasteiger partial charge in [-0.05, 0) is 12.1 Å². The number of aromatic nitrogens is 2. The number of nitrogens with zero attached hydrogens (tertiary/aromatic N) is 2. The van der Waals surface area contributed by atoms with Crippen molar-refractivity contribution >= 4 is 17.2 Å². The number of hydrogen-bond acceptors (Lipinski definition) is 4. The minimum Gasteiger partial charge on any atom is -0.355 e. The summed E-state index contributed by atoms with van der Waals surface area (Å²) in [4.78, 5) is 20.1. The number of carbonyl (C=O) groups excluding carboxylic acids is 1. The summed E-state index contributed by atoms with van der Waals surface area (Å²) in [5, 5.41) is 5.90. The first-order valence-electron chi connectivity index (χ1n) is 6.29. The maximum absolute atomic E-state index is 11.4. The first-order chi connectivity index (χ1) is 9.16. The van der Waals surface area contributed by atoms with E-state index in [1.807, 2.05) is 37.6 Å². The molecule has 4 nitrogen and oxygen atoms in total. The van der Waals surface area contributed by atoms with E-state index in [-0.39, 0.29) is 11.8 Å². The Bertz CT molecular complexity index is 537. The normalized spacial score (nSPS) is 10.7. The zero-order chi connectivity index (χ0) is 13.7. The molecule has 2 rings (SSSR count). The molecular formula is C14H17N3OS. The van der Waals surface area contributed by atoms with E-state index in [1.165, 1.54) is 0 Å². The lowest BCUT2D eigenvalue weighted by Crippen LogP contribution is -2.29. The average Bonchev–Trinajstić information content (AvgIpc) is 2.88. The van der Waals surface area contributed by atoms with E-state index in [1.54, 1.807) is 17.5 Å². The fourth-order valence-corrected chi connectivity index (χ4v) is 2.41. The van der Waals surface area contributed by atoms with E-state index in [0.29, 0.717) is 6.54 Å². The van der Waals surface area contributed by atoms with Crippen molar-refractivity contribution < 1.29 is 4.79 Å². The van der Waals surface area contributed by atoms with Gasteiger partial charge in [-0.25, -0.2) is 4.98 Å². The Morgan fingerprint density at radius 2 is 2.32 bits per heavy atom. The number of carbonyl (C=O) groups is 1. The minimum absolute atomic E-state index is 0.0291.